The van der Waals surface area contributed by atoms with Crippen LogP contribution in [-0.4, -0.2) is 42.5 Å². The standard InChI is InChI=1S/C10H19N3O3.C4H8O.3C2H6/c1-3-4-8(11)10(16)13-6-9(15)12-5-7(2)14;1-3-4(2)5;3*1-2/h8H,3-6,11H2,1-2H3,(H,12,15)(H,13,16);3H2,1-2H3;3*1-2H3. The molecule has 0 aromatic heterocycles. The molecule has 7 heteroatoms. The van der Waals surface area contributed by atoms with Crippen LogP contribution in [0, 0.1) is 0 Å². The number of Topliss-reactive ketones (excluding diaryl/α,β-unsaturated/α-hetero) is 2. The van der Waals surface area contributed by atoms with Crippen molar-refractivity contribution in [1.29, 1.82) is 0 Å². The Morgan fingerprint density at radius 1 is 0.778 bits per heavy atom. The van der Waals surface area contributed by atoms with Crippen molar-refractivity contribution in [2.45, 2.75) is 94.5 Å². The lowest BCUT2D eigenvalue weighted by molar-refractivity contribution is -0.127. The van der Waals surface area contributed by atoms with E-state index >= 15 is 0 Å². The van der Waals surface area contributed by atoms with E-state index < -0.39 is 11.9 Å². The first kappa shape index (κ1) is 36.2. The highest BCUT2D eigenvalue weighted by atomic mass is 16.2. The van der Waals surface area contributed by atoms with Crippen LogP contribution in [0.5, 0.6) is 0 Å². The molecule has 4 N–H and O–H groups in total. The molecule has 0 rings (SSSR count). The second kappa shape index (κ2) is 32.0. The van der Waals surface area contributed by atoms with Gasteiger partial charge in [0.25, 0.3) is 0 Å². The highest BCUT2D eigenvalue weighted by molar-refractivity contribution is 5.89. The zero-order chi connectivity index (χ0) is 22.8. The van der Waals surface area contributed by atoms with Crippen LogP contribution in [0.3, 0.4) is 0 Å². The Morgan fingerprint density at radius 3 is 1.48 bits per heavy atom. The molecule has 164 valence electrons. The van der Waals surface area contributed by atoms with Gasteiger partial charge in [-0.25, -0.2) is 0 Å². The summed E-state index contributed by atoms with van der Waals surface area (Å²) in [7, 11) is 0. The predicted molar refractivity (Wildman–Crippen MR) is 115 cm³/mol. The van der Waals surface area contributed by atoms with Crippen molar-refractivity contribution in [3.63, 3.8) is 0 Å². The van der Waals surface area contributed by atoms with Crippen molar-refractivity contribution < 1.29 is 19.2 Å². The molecule has 0 aliphatic carbocycles. The van der Waals surface area contributed by atoms with E-state index in [-0.39, 0.29) is 30.6 Å². The fraction of sp³-hybridized carbons (Fsp3) is 0.800. The van der Waals surface area contributed by atoms with E-state index in [1.165, 1.54) is 6.92 Å². The lowest BCUT2D eigenvalue weighted by Gasteiger charge is -2.10. The van der Waals surface area contributed by atoms with Gasteiger partial charge in [-0.1, -0.05) is 61.8 Å². The fourth-order valence-electron chi connectivity index (χ4n) is 1.03. The Morgan fingerprint density at radius 2 is 1.19 bits per heavy atom. The van der Waals surface area contributed by atoms with Crippen LogP contribution in [0.2, 0.25) is 0 Å². The largest absolute Gasteiger partial charge is 0.348 e. The summed E-state index contributed by atoms with van der Waals surface area (Å²) in [5.74, 6) is -0.626. The Kier molecular flexibility index (Phi) is 42.9. The molecular weight excluding hydrogens is 346 g/mol. The zero-order valence-corrected chi connectivity index (χ0v) is 19.3. The van der Waals surface area contributed by atoms with E-state index in [0.29, 0.717) is 12.8 Å². The maximum atomic E-state index is 11.3. The minimum atomic E-state index is -0.578. The summed E-state index contributed by atoms with van der Waals surface area (Å²) in [5, 5.41) is 4.77. The number of carbonyl (C=O) groups is 4. The minimum absolute atomic E-state index is 0.0181. The normalized spacial score (nSPS) is 9.00. The monoisotopic (exact) mass is 391 g/mol. The van der Waals surface area contributed by atoms with Gasteiger partial charge in [-0.3, -0.25) is 14.4 Å². The average molecular weight is 392 g/mol. The zero-order valence-electron chi connectivity index (χ0n) is 19.3. The molecule has 7 nitrogen and oxygen atoms in total. The summed E-state index contributed by atoms with van der Waals surface area (Å²) in [6.45, 7) is 18.6. The molecule has 0 aliphatic rings. The van der Waals surface area contributed by atoms with Gasteiger partial charge in [0, 0.05) is 6.42 Å². The number of nitrogens with one attached hydrogen (secondary N) is 2. The lowest BCUT2D eigenvalue weighted by Crippen LogP contribution is -2.45. The van der Waals surface area contributed by atoms with Gasteiger partial charge in [0.15, 0.2) is 0 Å². The second-order valence-electron chi connectivity index (χ2n) is 4.65. The van der Waals surface area contributed by atoms with Crippen LogP contribution in [0.1, 0.15) is 88.5 Å². The first-order chi connectivity index (χ1) is 12.7. The number of ketones is 2. The van der Waals surface area contributed by atoms with E-state index in [9.17, 15) is 19.2 Å². The van der Waals surface area contributed by atoms with Gasteiger partial charge >= 0.3 is 0 Å². The van der Waals surface area contributed by atoms with Crippen molar-refractivity contribution in [2.24, 2.45) is 5.73 Å². The van der Waals surface area contributed by atoms with E-state index in [4.69, 9.17) is 5.73 Å². The summed E-state index contributed by atoms with van der Waals surface area (Å²) >= 11 is 0. The second-order valence-corrected chi connectivity index (χ2v) is 4.65. The number of nitrogens with two attached hydrogens (primary N) is 1. The van der Waals surface area contributed by atoms with Gasteiger partial charge in [-0.15, -0.1) is 0 Å². The van der Waals surface area contributed by atoms with Gasteiger partial charge in [0.1, 0.15) is 11.6 Å². The van der Waals surface area contributed by atoms with Gasteiger partial charge in [0.05, 0.1) is 19.1 Å². The van der Waals surface area contributed by atoms with Gasteiger partial charge < -0.3 is 21.2 Å². The molecule has 2 amide bonds. The number of hydrogen-bond donors (Lipinski definition) is 3. The first-order valence-corrected chi connectivity index (χ1v) is 10.0. The maximum absolute atomic E-state index is 11.3. The van der Waals surface area contributed by atoms with Crippen molar-refractivity contribution >= 4 is 23.4 Å². The molecule has 0 bridgehead atoms. The highest BCUT2D eigenvalue weighted by Crippen LogP contribution is 1.92. The Labute approximate surface area is 167 Å². The van der Waals surface area contributed by atoms with Crippen LogP contribution in [0.15, 0.2) is 0 Å². The Bertz CT molecular complexity index is 359. The van der Waals surface area contributed by atoms with Gasteiger partial charge in [-0.2, -0.15) is 0 Å². The molecule has 0 saturated heterocycles. The Hall–Kier alpha value is -1.76. The quantitative estimate of drug-likeness (QED) is 0.588. The smallest absolute Gasteiger partial charge is 0.239 e. The molecule has 0 radical (unpaired) electrons. The third-order valence-electron chi connectivity index (χ3n) is 2.39. The highest BCUT2D eigenvalue weighted by Gasteiger charge is 2.12. The molecule has 0 aromatic rings. The third-order valence-corrected chi connectivity index (χ3v) is 2.39. The van der Waals surface area contributed by atoms with Gasteiger partial charge in [-0.05, 0) is 20.3 Å². The summed E-state index contributed by atoms with van der Waals surface area (Å²) < 4.78 is 0. The summed E-state index contributed by atoms with van der Waals surface area (Å²) in [6.07, 6.45) is 2.06. The van der Waals surface area contributed by atoms with E-state index in [2.05, 4.69) is 10.6 Å². The predicted octanol–water partition coefficient (Wildman–Crippen LogP) is 3.00. The number of rotatable bonds is 8. The van der Waals surface area contributed by atoms with E-state index in [1.54, 1.807) is 6.92 Å². The molecule has 1 atom stereocenters. The fourth-order valence-corrected chi connectivity index (χ4v) is 1.03. The first-order valence-electron chi connectivity index (χ1n) is 10.0. The average Bonchev–Trinajstić information content (AvgIpc) is 2.69. The molecule has 0 aliphatic heterocycles. The van der Waals surface area contributed by atoms with Crippen molar-refractivity contribution in [1.82, 2.24) is 10.6 Å². The van der Waals surface area contributed by atoms with Crippen molar-refractivity contribution in [3.8, 4) is 0 Å². The van der Waals surface area contributed by atoms with E-state index in [1.807, 2.05) is 55.4 Å². The molecule has 0 saturated carbocycles. The number of amides is 2. The Balaban J connectivity index is -0.000000122. The third kappa shape index (κ3) is 40.3. The van der Waals surface area contributed by atoms with E-state index in [0.717, 1.165) is 6.42 Å². The minimum Gasteiger partial charge on any atom is -0.348 e. The summed E-state index contributed by atoms with van der Waals surface area (Å²) in [6, 6.07) is -0.578. The molecule has 0 aromatic carbocycles. The number of carbonyl (C=O) groups excluding carboxylic acids is 4. The molecular formula is C20H45N3O4. The summed E-state index contributed by atoms with van der Waals surface area (Å²) in [4.78, 5) is 42.8. The SMILES string of the molecule is CC.CC.CC.CCC(C)=O.CCCC(N)C(=O)NCC(=O)NCC(C)=O. The molecule has 0 spiro atoms. The maximum Gasteiger partial charge on any atom is 0.239 e. The van der Waals surface area contributed by atoms with Crippen molar-refractivity contribution in [2.75, 3.05) is 13.1 Å². The summed E-state index contributed by atoms with van der Waals surface area (Å²) in [5.41, 5.74) is 5.54. The molecule has 0 heterocycles. The topological polar surface area (TPSA) is 118 Å². The molecule has 0 fully saturated rings. The molecule has 27 heavy (non-hydrogen) atoms. The molecule has 1 unspecified atom stereocenters. The van der Waals surface area contributed by atoms with Crippen molar-refractivity contribution in [3.05, 3.63) is 0 Å². The van der Waals surface area contributed by atoms with Crippen LogP contribution >= 0.6 is 0 Å². The van der Waals surface area contributed by atoms with Crippen LogP contribution in [0.4, 0.5) is 0 Å². The van der Waals surface area contributed by atoms with Crippen LogP contribution in [0.25, 0.3) is 0 Å². The lowest BCUT2D eigenvalue weighted by atomic mass is 10.2. The van der Waals surface area contributed by atoms with Crippen LogP contribution in [-0.2, 0) is 19.2 Å². The van der Waals surface area contributed by atoms with Crippen LogP contribution < -0.4 is 16.4 Å². The number of hydrogen-bond acceptors (Lipinski definition) is 5. The van der Waals surface area contributed by atoms with Gasteiger partial charge in [0.2, 0.25) is 11.8 Å².